The van der Waals surface area contributed by atoms with Gasteiger partial charge in [-0.2, -0.15) is 0 Å². The lowest BCUT2D eigenvalue weighted by Crippen LogP contribution is -2.37. The van der Waals surface area contributed by atoms with Crippen molar-refractivity contribution in [2.24, 2.45) is 23.7 Å². The molecule has 0 amide bonds. The molecule has 23 heavy (non-hydrogen) atoms. The lowest BCUT2D eigenvalue weighted by Gasteiger charge is -2.27. The van der Waals surface area contributed by atoms with Crippen LogP contribution >= 0.6 is 0 Å². The maximum absolute atomic E-state index is 12.3. The first-order valence-corrected chi connectivity index (χ1v) is 8.14. The zero-order valence-electron chi connectivity index (χ0n) is 13.4. The molecule has 0 radical (unpaired) electrons. The third kappa shape index (κ3) is 2.86. The Morgan fingerprint density at radius 3 is 2.83 bits per heavy atom. The van der Waals surface area contributed by atoms with E-state index < -0.39 is 18.0 Å². The van der Waals surface area contributed by atoms with Crippen molar-refractivity contribution in [3.63, 3.8) is 0 Å². The Labute approximate surface area is 135 Å². The lowest BCUT2D eigenvalue weighted by atomic mass is 9.88. The van der Waals surface area contributed by atoms with E-state index in [0.717, 1.165) is 18.9 Å². The average Bonchev–Trinajstić information content (AvgIpc) is 3.11. The van der Waals surface area contributed by atoms with Gasteiger partial charge in [-0.15, -0.1) is 0 Å². The summed E-state index contributed by atoms with van der Waals surface area (Å²) in [5.41, 5.74) is 0. The van der Waals surface area contributed by atoms with E-state index in [1.807, 2.05) is 0 Å². The molecule has 3 aliphatic rings. The van der Waals surface area contributed by atoms with Crippen molar-refractivity contribution < 1.29 is 28.6 Å². The molecule has 0 N–H and O–H groups in total. The van der Waals surface area contributed by atoms with Crippen LogP contribution in [0, 0.1) is 23.7 Å². The van der Waals surface area contributed by atoms with Crippen LogP contribution in [0.3, 0.4) is 0 Å². The first kappa shape index (κ1) is 16.0. The molecular weight excluding hydrogens is 300 g/mol. The highest BCUT2D eigenvalue weighted by Crippen LogP contribution is 2.55. The summed E-state index contributed by atoms with van der Waals surface area (Å²) >= 11 is 0. The monoisotopic (exact) mass is 322 g/mol. The standard InChI is InChI=1S/C17H22O6/c1-4-13(18)21-9(3)5-8(2)16(19)22-14-10-6-11-12(7-10)17(20)23-15(11)14/h4,8-12,14-15H,1,5-7H2,2-3H3. The van der Waals surface area contributed by atoms with Gasteiger partial charge in [-0.3, -0.25) is 9.59 Å². The van der Waals surface area contributed by atoms with Crippen molar-refractivity contribution >= 4 is 17.9 Å². The van der Waals surface area contributed by atoms with E-state index in [4.69, 9.17) is 14.2 Å². The molecule has 0 aromatic heterocycles. The van der Waals surface area contributed by atoms with Gasteiger partial charge in [-0.05, 0) is 26.2 Å². The summed E-state index contributed by atoms with van der Waals surface area (Å²) in [5.74, 6) is -0.912. The smallest absolute Gasteiger partial charge is 0.330 e. The second kappa shape index (κ2) is 5.98. The van der Waals surface area contributed by atoms with Crippen LogP contribution < -0.4 is 0 Å². The molecule has 7 unspecified atom stereocenters. The fourth-order valence-corrected chi connectivity index (χ4v) is 4.20. The van der Waals surface area contributed by atoms with E-state index in [2.05, 4.69) is 6.58 Å². The summed E-state index contributed by atoms with van der Waals surface area (Å²) in [6.45, 7) is 6.81. The Morgan fingerprint density at radius 2 is 2.13 bits per heavy atom. The van der Waals surface area contributed by atoms with Gasteiger partial charge in [-0.25, -0.2) is 4.79 Å². The molecule has 1 saturated heterocycles. The van der Waals surface area contributed by atoms with Crippen LogP contribution in [0.4, 0.5) is 0 Å². The number of hydrogen-bond donors (Lipinski definition) is 0. The molecule has 1 aliphatic heterocycles. The molecule has 126 valence electrons. The highest BCUT2D eigenvalue weighted by Gasteiger charge is 2.63. The predicted octanol–water partition coefficient (Wildman–Crippen LogP) is 1.62. The van der Waals surface area contributed by atoms with Crippen LogP contribution in [0.2, 0.25) is 0 Å². The normalized spacial score (nSPS) is 36.3. The third-order valence-electron chi connectivity index (χ3n) is 5.24. The molecule has 6 nitrogen and oxygen atoms in total. The second-order valence-electron chi connectivity index (χ2n) is 6.89. The molecule has 0 aromatic carbocycles. The second-order valence-corrected chi connectivity index (χ2v) is 6.89. The molecule has 1 heterocycles. The molecule has 6 heteroatoms. The first-order valence-electron chi connectivity index (χ1n) is 8.14. The zero-order valence-corrected chi connectivity index (χ0v) is 13.4. The maximum Gasteiger partial charge on any atom is 0.330 e. The molecule has 7 atom stereocenters. The van der Waals surface area contributed by atoms with Gasteiger partial charge in [-0.1, -0.05) is 13.5 Å². The van der Waals surface area contributed by atoms with Crippen LogP contribution in [0.15, 0.2) is 12.7 Å². The van der Waals surface area contributed by atoms with Crippen LogP contribution in [0.1, 0.15) is 33.1 Å². The molecule has 2 saturated carbocycles. The zero-order chi connectivity index (χ0) is 16.7. The number of fused-ring (bicyclic) bond motifs is 1. The van der Waals surface area contributed by atoms with Crippen molar-refractivity contribution in [2.45, 2.75) is 51.4 Å². The van der Waals surface area contributed by atoms with Crippen molar-refractivity contribution in [2.75, 3.05) is 0 Å². The maximum atomic E-state index is 12.3. The van der Waals surface area contributed by atoms with E-state index in [0.29, 0.717) is 6.42 Å². The summed E-state index contributed by atoms with van der Waals surface area (Å²) in [5, 5.41) is 0. The SMILES string of the molecule is C=CC(=O)OC(C)CC(C)C(=O)OC1C2CC3C(=O)OC1C3C2. The van der Waals surface area contributed by atoms with E-state index >= 15 is 0 Å². The summed E-state index contributed by atoms with van der Waals surface area (Å²) in [6, 6.07) is 0. The van der Waals surface area contributed by atoms with E-state index in [9.17, 15) is 14.4 Å². The highest BCUT2D eigenvalue weighted by molar-refractivity contribution is 5.81. The Hall–Kier alpha value is -1.85. The molecule has 0 spiro atoms. The first-order chi connectivity index (χ1) is 10.9. The Bertz CT molecular complexity index is 541. The van der Waals surface area contributed by atoms with Crippen LogP contribution in [-0.4, -0.2) is 36.2 Å². The summed E-state index contributed by atoms with van der Waals surface area (Å²) in [7, 11) is 0. The van der Waals surface area contributed by atoms with Gasteiger partial charge in [0.05, 0.1) is 11.8 Å². The van der Waals surface area contributed by atoms with Crippen molar-refractivity contribution in [1.29, 1.82) is 0 Å². The molecule has 3 rings (SSSR count). The quantitative estimate of drug-likeness (QED) is 0.420. The highest BCUT2D eigenvalue weighted by atomic mass is 16.6. The number of rotatable bonds is 6. The number of esters is 3. The minimum atomic E-state index is -0.505. The third-order valence-corrected chi connectivity index (χ3v) is 5.24. The topological polar surface area (TPSA) is 78.9 Å². The lowest BCUT2D eigenvalue weighted by molar-refractivity contribution is -0.166. The largest absolute Gasteiger partial charge is 0.460 e. The fourth-order valence-electron chi connectivity index (χ4n) is 4.20. The van der Waals surface area contributed by atoms with E-state index in [-0.39, 0.29) is 41.9 Å². The fraction of sp³-hybridized carbons (Fsp3) is 0.706. The molecule has 2 bridgehead atoms. The minimum Gasteiger partial charge on any atom is -0.460 e. The van der Waals surface area contributed by atoms with Gasteiger partial charge in [0.25, 0.3) is 0 Å². The molecule has 0 aromatic rings. The van der Waals surface area contributed by atoms with Crippen molar-refractivity contribution in [1.82, 2.24) is 0 Å². The summed E-state index contributed by atoms with van der Waals surface area (Å²) in [4.78, 5) is 35.2. The Kier molecular flexibility index (Phi) is 4.17. The van der Waals surface area contributed by atoms with E-state index in [1.165, 1.54) is 0 Å². The van der Waals surface area contributed by atoms with Gasteiger partial charge >= 0.3 is 17.9 Å². The summed E-state index contributed by atoms with van der Waals surface area (Å²) in [6.07, 6.45) is 2.17. The average molecular weight is 322 g/mol. The molecular formula is C17H22O6. The molecule has 2 aliphatic carbocycles. The molecule has 3 fully saturated rings. The Morgan fingerprint density at radius 1 is 1.39 bits per heavy atom. The van der Waals surface area contributed by atoms with Gasteiger partial charge in [0.1, 0.15) is 18.3 Å². The predicted molar refractivity (Wildman–Crippen MR) is 79.0 cm³/mol. The van der Waals surface area contributed by atoms with Crippen LogP contribution in [-0.2, 0) is 28.6 Å². The number of carbonyl (C=O) groups is 3. The number of ether oxygens (including phenoxy) is 3. The van der Waals surface area contributed by atoms with Gasteiger partial charge in [0.2, 0.25) is 0 Å². The van der Waals surface area contributed by atoms with Gasteiger partial charge < -0.3 is 14.2 Å². The van der Waals surface area contributed by atoms with Gasteiger partial charge in [0, 0.05) is 17.9 Å². The Balaban J connectivity index is 1.52. The summed E-state index contributed by atoms with van der Waals surface area (Å²) < 4.78 is 16.1. The van der Waals surface area contributed by atoms with Gasteiger partial charge in [0.15, 0.2) is 0 Å². The number of hydrogen-bond acceptors (Lipinski definition) is 6. The minimum absolute atomic E-state index is 0.00992. The van der Waals surface area contributed by atoms with Crippen LogP contribution in [0.25, 0.3) is 0 Å². The van der Waals surface area contributed by atoms with E-state index in [1.54, 1.807) is 13.8 Å². The number of carbonyl (C=O) groups excluding carboxylic acids is 3. The van der Waals surface area contributed by atoms with Crippen molar-refractivity contribution in [3.05, 3.63) is 12.7 Å². The van der Waals surface area contributed by atoms with Crippen molar-refractivity contribution in [3.8, 4) is 0 Å². The van der Waals surface area contributed by atoms with Crippen LogP contribution in [0.5, 0.6) is 0 Å².